The normalized spacial score (nSPS) is 11.1. The second-order valence-electron chi connectivity index (χ2n) is 2.98. The zero-order valence-corrected chi connectivity index (χ0v) is 8.51. The largest absolute Gasteiger partial charge is 0.481 e. The molecule has 0 atom stereocenters. The number of hydrogen-bond donors (Lipinski definition) is 1. The summed E-state index contributed by atoms with van der Waals surface area (Å²) in [4.78, 5) is 15.1. The Morgan fingerprint density at radius 2 is 2.00 bits per heavy atom. The Kier molecular flexibility index (Phi) is 4.34. The van der Waals surface area contributed by atoms with Gasteiger partial charge in [-0.15, -0.1) is 0 Å². The van der Waals surface area contributed by atoms with Crippen molar-refractivity contribution >= 4 is 11.7 Å². The maximum absolute atomic E-state index is 10.4. The minimum absolute atomic E-state index is 0.0527. The van der Waals surface area contributed by atoms with Gasteiger partial charge in [-0.3, -0.25) is 4.79 Å². The van der Waals surface area contributed by atoms with Crippen LogP contribution in [-0.2, 0) is 9.63 Å². The highest BCUT2D eigenvalue weighted by atomic mass is 16.6. The fraction of sp³-hybridized carbons (Fsp3) is 0.273. The number of benzene rings is 1. The van der Waals surface area contributed by atoms with Crippen LogP contribution in [0, 0.1) is 0 Å². The van der Waals surface area contributed by atoms with E-state index < -0.39 is 5.97 Å². The van der Waals surface area contributed by atoms with Crippen molar-refractivity contribution in [3.8, 4) is 0 Å². The Balaban J connectivity index is 2.75. The molecule has 0 saturated heterocycles. The van der Waals surface area contributed by atoms with Crippen LogP contribution in [0.1, 0.15) is 18.4 Å². The number of carbonyl (C=O) groups is 1. The van der Waals surface area contributed by atoms with Crippen LogP contribution in [0.3, 0.4) is 0 Å². The van der Waals surface area contributed by atoms with Gasteiger partial charge in [0.15, 0.2) is 0 Å². The quantitative estimate of drug-likeness (QED) is 0.592. The summed E-state index contributed by atoms with van der Waals surface area (Å²) in [7, 11) is 1.45. The summed E-state index contributed by atoms with van der Waals surface area (Å²) in [5.74, 6) is -0.838. The molecule has 4 nitrogen and oxygen atoms in total. The molecular weight excluding hydrogens is 194 g/mol. The number of nitrogens with zero attached hydrogens (tertiary/aromatic N) is 1. The molecule has 0 unspecified atom stereocenters. The third kappa shape index (κ3) is 3.81. The Morgan fingerprint density at radius 3 is 2.53 bits per heavy atom. The van der Waals surface area contributed by atoms with Crippen molar-refractivity contribution in [3.05, 3.63) is 35.9 Å². The zero-order valence-electron chi connectivity index (χ0n) is 8.51. The number of carboxylic acid groups (broad SMARTS) is 1. The average Bonchev–Trinajstić information content (AvgIpc) is 2.25. The fourth-order valence-corrected chi connectivity index (χ4v) is 1.21. The van der Waals surface area contributed by atoms with E-state index in [0.717, 1.165) is 5.56 Å². The van der Waals surface area contributed by atoms with Crippen molar-refractivity contribution < 1.29 is 14.7 Å². The monoisotopic (exact) mass is 207 g/mol. The molecule has 0 heterocycles. The molecular formula is C11H13NO3. The van der Waals surface area contributed by atoms with Gasteiger partial charge in [0.25, 0.3) is 0 Å². The fourth-order valence-electron chi connectivity index (χ4n) is 1.21. The highest BCUT2D eigenvalue weighted by Gasteiger charge is 2.06. The molecule has 80 valence electrons. The summed E-state index contributed by atoms with van der Waals surface area (Å²) in [6, 6.07) is 9.40. The van der Waals surface area contributed by atoms with Crippen LogP contribution in [0.4, 0.5) is 0 Å². The van der Waals surface area contributed by atoms with Crippen LogP contribution in [-0.4, -0.2) is 23.9 Å². The lowest BCUT2D eigenvalue weighted by Crippen LogP contribution is -2.05. The van der Waals surface area contributed by atoms with E-state index in [9.17, 15) is 4.79 Å². The number of carboxylic acids is 1. The highest BCUT2D eigenvalue weighted by Crippen LogP contribution is 2.07. The predicted octanol–water partition coefficient (Wildman–Crippen LogP) is 1.90. The summed E-state index contributed by atoms with van der Waals surface area (Å²) in [6.45, 7) is 0. The lowest BCUT2D eigenvalue weighted by Gasteiger charge is -2.03. The van der Waals surface area contributed by atoms with Crippen LogP contribution in [0.2, 0.25) is 0 Å². The van der Waals surface area contributed by atoms with Crippen molar-refractivity contribution in [3.63, 3.8) is 0 Å². The van der Waals surface area contributed by atoms with Gasteiger partial charge in [-0.25, -0.2) is 0 Å². The second kappa shape index (κ2) is 5.80. The van der Waals surface area contributed by atoms with Crippen molar-refractivity contribution in [2.45, 2.75) is 12.8 Å². The smallest absolute Gasteiger partial charge is 0.303 e. The van der Waals surface area contributed by atoms with E-state index >= 15 is 0 Å². The Hall–Kier alpha value is -1.84. The number of aliphatic carboxylic acids is 1. The lowest BCUT2D eigenvalue weighted by molar-refractivity contribution is -0.136. The first-order valence-corrected chi connectivity index (χ1v) is 4.61. The average molecular weight is 207 g/mol. The van der Waals surface area contributed by atoms with E-state index in [-0.39, 0.29) is 6.42 Å². The summed E-state index contributed by atoms with van der Waals surface area (Å²) >= 11 is 0. The van der Waals surface area contributed by atoms with Gasteiger partial charge in [0.05, 0.1) is 12.1 Å². The van der Waals surface area contributed by atoms with Gasteiger partial charge in [-0.2, -0.15) is 0 Å². The highest BCUT2D eigenvalue weighted by molar-refractivity contribution is 6.01. The Morgan fingerprint density at radius 1 is 1.33 bits per heavy atom. The maximum Gasteiger partial charge on any atom is 0.303 e. The van der Waals surface area contributed by atoms with Gasteiger partial charge >= 0.3 is 5.97 Å². The topological polar surface area (TPSA) is 58.9 Å². The van der Waals surface area contributed by atoms with E-state index in [1.54, 1.807) is 0 Å². The van der Waals surface area contributed by atoms with Crippen LogP contribution in [0.5, 0.6) is 0 Å². The van der Waals surface area contributed by atoms with Crippen molar-refractivity contribution in [1.29, 1.82) is 0 Å². The van der Waals surface area contributed by atoms with Gasteiger partial charge < -0.3 is 9.94 Å². The summed E-state index contributed by atoms with van der Waals surface area (Å²) < 4.78 is 0. The minimum atomic E-state index is -0.838. The Bertz CT molecular complexity index is 346. The maximum atomic E-state index is 10.4. The van der Waals surface area contributed by atoms with Crippen LogP contribution >= 0.6 is 0 Å². The molecule has 0 aliphatic heterocycles. The minimum Gasteiger partial charge on any atom is -0.481 e. The molecule has 0 amide bonds. The molecule has 1 N–H and O–H groups in total. The first kappa shape index (κ1) is 11.2. The van der Waals surface area contributed by atoms with Crippen LogP contribution in [0.25, 0.3) is 0 Å². The van der Waals surface area contributed by atoms with Crippen molar-refractivity contribution in [2.24, 2.45) is 5.16 Å². The third-order valence-electron chi connectivity index (χ3n) is 1.88. The SMILES string of the molecule is CON=C(CCC(=O)O)c1ccccc1. The van der Waals surface area contributed by atoms with Gasteiger partial charge in [0.1, 0.15) is 7.11 Å². The first-order chi connectivity index (χ1) is 7.24. The van der Waals surface area contributed by atoms with E-state index in [4.69, 9.17) is 5.11 Å². The molecule has 0 aliphatic carbocycles. The van der Waals surface area contributed by atoms with Crippen molar-refractivity contribution in [2.75, 3.05) is 7.11 Å². The lowest BCUT2D eigenvalue weighted by atomic mass is 10.1. The molecule has 0 saturated carbocycles. The first-order valence-electron chi connectivity index (χ1n) is 4.61. The second-order valence-corrected chi connectivity index (χ2v) is 2.98. The summed E-state index contributed by atoms with van der Waals surface area (Å²) in [6.07, 6.45) is 0.421. The van der Waals surface area contributed by atoms with E-state index in [2.05, 4.69) is 9.99 Å². The van der Waals surface area contributed by atoms with Gasteiger partial charge in [0, 0.05) is 6.42 Å². The standard InChI is InChI=1S/C11H13NO3/c1-15-12-10(7-8-11(13)14)9-5-3-2-4-6-9/h2-6H,7-8H2,1H3,(H,13,14). The van der Waals surface area contributed by atoms with Gasteiger partial charge in [0.2, 0.25) is 0 Å². The number of oxime groups is 1. The molecule has 0 radical (unpaired) electrons. The van der Waals surface area contributed by atoms with Gasteiger partial charge in [-0.05, 0) is 5.56 Å². The molecule has 1 aromatic carbocycles. The summed E-state index contributed by atoms with van der Waals surface area (Å²) in [5.41, 5.74) is 1.54. The van der Waals surface area contributed by atoms with Crippen LogP contribution < -0.4 is 0 Å². The molecule has 0 aromatic heterocycles. The predicted molar refractivity (Wildman–Crippen MR) is 56.9 cm³/mol. The number of hydrogen-bond acceptors (Lipinski definition) is 3. The molecule has 0 spiro atoms. The van der Waals surface area contributed by atoms with Crippen molar-refractivity contribution in [1.82, 2.24) is 0 Å². The summed E-state index contributed by atoms with van der Waals surface area (Å²) in [5, 5.41) is 12.4. The molecule has 1 aromatic rings. The van der Waals surface area contributed by atoms with E-state index in [0.29, 0.717) is 12.1 Å². The molecule has 0 aliphatic rings. The number of rotatable bonds is 5. The van der Waals surface area contributed by atoms with E-state index in [1.165, 1.54) is 7.11 Å². The molecule has 1 rings (SSSR count). The molecule has 4 heteroatoms. The molecule has 0 bridgehead atoms. The molecule has 15 heavy (non-hydrogen) atoms. The van der Waals surface area contributed by atoms with Gasteiger partial charge in [-0.1, -0.05) is 35.5 Å². The third-order valence-corrected chi connectivity index (χ3v) is 1.88. The Labute approximate surface area is 88.2 Å². The molecule has 0 fully saturated rings. The van der Waals surface area contributed by atoms with Crippen LogP contribution in [0.15, 0.2) is 35.5 Å². The van der Waals surface area contributed by atoms with E-state index in [1.807, 2.05) is 30.3 Å². The zero-order chi connectivity index (χ0) is 11.1.